The van der Waals surface area contributed by atoms with Gasteiger partial charge in [-0.3, -0.25) is 14.4 Å². The van der Waals surface area contributed by atoms with Crippen LogP contribution in [0.2, 0.25) is 0 Å². The minimum Gasteiger partial charge on any atom is -0.508 e. The number of phenolic OH excluding ortho intramolecular Hbond substituents is 1. The molecule has 2 amide bonds. The number of rotatable bonds is 21. The Bertz CT molecular complexity index is 1790. The molecule has 266 valence electrons. The Kier molecular flexibility index (Phi) is 15.1. The van der Waals surface area contributed by atoms with E-state index in [1.165, 1.54) is 94.2 Å². The first-order chi connectivity index (χ1) is 24.3. The van der Waals surface area contributed by atoms with Gasteiger partial charge in [-0.15, -0.1) is 0 Å². The van der Waals surface area contributed by atoms with E-state index in [1.54, 1.807) is 18.2 Å². The van der Waals surface area contributed by atoms with E-state index in [0.29, 0.717) is 28.5 Å². The number of nitrogens with one attached hydrogen (secondary N) is 2. The quantitative estimate of drug-likeness (QED) is 0.0390. The van der Waals surface area contributed by atoms with E-state index in [9.17, 15) is 29.4 Å². The lowest BCUT2D eigenvalue weighted by atomic mass is 9.90. The summed E-state index contributed by atoms with van der Waals surface area (Å²) in [5.74, 6) is -1.57. The number of hydrogen-bond acceptors (Lipinski definition) is 6. The molecule has 1 heterocycles. The van der Waals surface area contributed by atoms with Crippen molar-refractivity contribution in [2.45, 2.75) is 96.8 Å². The van der Waals surface area contributed by atoms with E-state index in [-0.39, 0.29) is 52.6 Å². The Morgan fingerprint density at radius 3 is 2.12 bits per heavy atom. The second kappa shape index (κ2) is 19.9. The van der Waals surface area contributed by atoms with Crippen LogP contribution in [0.15, 0.2) is 76.0 Å². The van der Waals surface area contributed by atoms with Crippen LogP contribution in [0.3, 0.4) is 0 Å². The summed E-state index contributed by atoms with van der Waals surface area (Å²) < 4.78 is 5.87. The number of fused-ring (bicyclic) bond motifs is 2. The molecule has 4 N–H and O–H groups in total. The minimum absolute atomic E-state index is 0.0467. The smallest absolute Gasteiger partial charge is 0.336 e. The Balaban J connectivity index is 1.20. The number of aromatic hydroxyl groups is 1. The van der Waals surface area contributed by atoms with Gasteiger partial charge in [-0.05, 0) is 74.1 Å². The molecule has 0 radical (unpaired) electrons. The van der Waals surface area contributed by atoms with Gasteiger partial charge >= 0.3 is 5.97 Å². The molecule has 1 aliphatic carbocycles. The van der Waals surface area contributed by atoms with E-state index >= 15 is 0 Å². The van der Waals surface area contributed by atoms with Gasteiger partial charge in [0, 0.05) is 53.7 Å². The lowest BCUT2D eigenvalue weighted by Crippen LogP contribution is -2.34. The molecule has 0 spiro atoms. The molecule has 2 aromatic carbocycles. The summed E-state index contributed by atoms with van der Waals surface area (Å²) >= 11 is 0. The summed E-state index contributed by atoms with van der Waals surface area (Å²) in [7, 11) is 0. The average Bonchev–Trinajstić information content (AvgIpc) is 3.10. The number of allylic oxidation sites excluding steroid dienone is 2. The number of amides is 2. The van der Waals surface area contributed by atoms with Gasteiger partial charge in [-0.1, -0.05) is 76.5 Å². The summed E-state index contributed by atoms with van der Waals surface area (Å²) in [5, 5.41) is 26.3. The van der Waals surface area contributed by atoms with Crippen LogP contribution < -0.4 is 16.1 Å². The maximum Gasteiger partial charge on any atom is 0.336 e. The molecule has 9 heteroatoms. The molecule has 2 aromatic rings. The third kappa shape index (κ3) is 11.3. The van der Waals surface area contributed by atoms with Gasteiger partial charge in [0.1, 0.15) is 17.1 Å². The first-order valence-electron chi connectivity index (χ1n) is 18.1. The second-order valence-corrected chi connectivity index (χ2v) is 12.8. The van der Waals surface area contributed by atoms with Crippen LogP contribution in [0.5, 0.6) is 5.75 Å². The van der Waals surface area contributed by atoms with Crippen molar-refractivity contribution in [3.8, 4) is 28.2 Å². The van der Waals surface area contributed by atoms with Crippen molar-refractivity contribution >= 4 is 28.8 Å². The largest absolute Gasteiger partial charge is 0.508 e. The van der Waals surface area contributed by atoms with E-state index in [4.69, 9.17) is 4.42 Å². The molecule has 2 aliphatic rings. The van der Waals surface area contributed by atoms with E-state index in [0.717, 1.165) is 25.7 Å². The fourth-order valence-corrected chi connectivity index (χ4v) is 6.15. The maximum atomic E-state index is 12.9. The summed E-state index contributed by atoms with van der Waals surface area (Å²) in [4.78, 5) is 49.7. The number of unbranched alkanes of at least 4 members (excludes halogenated alkanes) is 11. The van der Waals surface area contributed by atoms with Crippen LogP contribution in [0.4, 0.5) is 0 Å². The van der Waals surface area contributed by atoms with Gasteiger partial charge in [0.2, 0.25) is 5.91 Å². The van der Waals surface area contributed by atoms with Gasteiger partial charge in [0.15, 0.2) is 5.43 Å². The Labute approximate surface area is 294 Å². The fourth-order valence-electron chi connectivity index (χ4n) is 6.15. The van der Waals surface area contributed by atoms with Crippen molar-refractivity contribution in [2.24, 2.45) is 0 Å². The number of carbonyl (C=O) groups excluding carboxylic acids is 2. The van der Waals surface area contributed by atoms with Crippen molar-refractivity contribution in [1.82, 2.24) is 10.6 Å². The van der Waals surface area contributed by atoms with Crippen molar-refractivity contribution in [3.05, 3.63) is 88.1 Å². The molecule has 1 aliphatic heterocycles. The summed E-state index contributed by atoms with van der Waals surface area (Å²) in [6, 6.07) is 13.1. The fraction of sp³-hybridized carbons (Fsp3) is 0.415. The number of benzene rings is 3. The standard InChI is InChI=1S/C41H50N2O7/c1-2-3-4-5-6-7-8-9-10-11-12-13-14-15-16-17-38(46)42-24-25-43-40(47)29-18-21-32(35(26-29)41(48)49)39-33-22-19-30(44)27-36(33)50-37-28-31(45)20-23-34(37)39/h9-10,18-23,26-28,44H,2-8,11-17,24-25H2,1H3,(H,42,46)(H,43,47)(H,48,49)/b10-9-. The van der Waals surface area contributed by atoms with Gasteiger partial charge in [0.25, 0.3) is 5.91 Å². The number of hydrogen-bond donors (Lipinski definition) is 4. The molecule has 0 bridgehead atoms. The zero-order valence-corrected chi connectivity index (χ0v) is 29.1. The number of carboxylic acid groups (broad SMARTS) is 1. The molecule has 9 nitrogen and oxygen atoms in total. The van der Waals surface area contributed by atoms with Gasteiger partial charge in [-0.25, -0.2) is 4.79 Å². The first-order valence-corrected chi connectivity index (χ1v) is 18.1. The third-order valence-corrected chi connectivity index (χ3v) is 8.86. The van der Waals surface area contributed by atoms with Crippen LogP contribution in [-0.4, -0.2) is 41.1 Å². The number of carbonyl (C=O) groups is 3. The van der Waals surface area contributed by atoms with Crippen LogP contribution in [0.1, 0.15) is 118 Å². The molecule has 0 aromatic heterocycles. The second-order valence-electron chi connectivity index (χ2n) is 12.8. The highest BCUT2D eigenvalue weighted by Gasteiger charge is 2.23. The number of aromatic carboxylic acids is 1. The zero-order chi connectivity index (χ0) is 35.7. The highest BCUT2D eigenvalue weighted by Crippen LogP contribution is 2.42. The monoisotopic (exact) mass is 682 g/mol. The molecule has 50 heavy (non-hydrogen) atoms. The van der Waals surface area contributed by atoms with Crippen LogP contribution >= 0.6 is 0 Å². The van der Waals surface area contributed by atoms with E-state index < -0.39 is 11.9 Å². The van der Waals surface area contributed by atoms with Crippen molar-refractivity contribution in [2.75, 3.05) is 13.1 Å². The molecular formula is C41H50N2O7. The highest BCUT2D eigenvalue weighted by molar-refractivity contribution is 6.09. The van der Waals surface area contributed by atoms with Crippen molar-refractivity contribution < 1.29 is 29.0 Å². The molecule has 0 saturated heterocycles. The molecular weight excluding hydrogens is 632 g/mol. The first kappa shape index (κ1) is 37.9. The van der Waals surface area contributed by atoms with Crippen molar-refractivity contribution in [1.29, 1.82) is 0 Å². The van der Waals surface area contributed by atoms with Crippen LogP contribution in [0, 0.1) is 0 Å². The highest BCUT2D eigenvalue weighted by atomic mass is 16.4. The predicted molar refractivity (Wildman–Crippen MR) is 198 cm³/mol. The SMILES string of the molecule is CCCCCCCC/C=C\CCCCCCCC(=O)NCCNC(=O)c1ccc(-c2c3ccc(=O)cc-3oc3cc(O)ccc23)c(C(=O)O)c1. The summed E-state index contributed by atoms with van der Waals surface area (Å²) in [5.41, 5.74) is 1.37. The van der Waals surface area contributed by atoms with Crippen LogP contribution in [-0.2, 0) is 4.79 Å². The predicted octanol–water partition coefficient (Wildman–Crippen LogP) is 8.85. The summed E-state index contributed by atoms with van der Waals surface area (Å²) in [6.45, 7) is 2.70. The number of carboxylic acids is 1. The normalized spacial score (nSPS) is 11.4. The Hall–Kier alpha value is -4.92. The van der Waals surface area contributed by atoms with Gasteiger partial charge in [0.05, 0.1) is 5.56 Å². The number of phenols is 1. The lowest BCUT2D eigenvalue weighted by molar-refractivity contribution is -0.121. The van der Waals surface area contributed by atoms with Gasteiger partial charge < -0.3 is 25.3 Å². The average molecular weight is 683 g/mol. The van der Waals surface area contributed by atoms with E-state index in [2.05, 4.69) is 29.7 Å². The van der Waals surface area contributed by atoms with Crippen molar-refractivity contribution in [3.63, 3.8) is 0 Å². The lowest BCUT2D eigenvalue weighted by Gasteiger charge is -2.17. The summed E-state index contributed by atoms with van der Waals surface area (Å²) in [6.07, 6.45) is 20.7. The molecule has 0 saturated carbocycles. The Morgan fingerprint density at radius 2 is 1.40 bits per heavy atom. The topological polar surface area (TPSA) is 146 Å². The van der Waals surface area contributed by atoms with E-state index in [1.807, 2.05) is 0 Å². The third-order valence-electron chi connectivity index (χ3n) is 8.86. The molecule has 0 unspecified atom stereocenters. The zero-order valence-electron chi connectivity index (χ0n) is 29.1. The molecule has 0 fully saturated rings. The maximum absolute atomic E-state index is 12.9. The molecule has 0 atom stereocenters. The minimum atomic E-state index is -1.24. The van der Waals surface area contributed by atoms with Gasteiger partial charge in [-0.2, -0.15) is 0 Å². The molecule has 4 rings (SSSR count). The van der Waals surface area contributed by atoms with Crippen LogP contribution in [0.25, 0.3) is 33.4 Å². The Morgan fingerprint density at radius 1 is 0.740 bits per heavy atom.